The molecule has 1 atom stereocenters. The highest BCUT2D eigenvalue weighted by molar-refractivity contribution is 5.39. The Morgan fingerprint density at radius 3 is 3.05 bits per heavy atom. The fourth-order valence-corrected chi connectivity index (χ4v) is 2.82. The first-order valence-corrected chi connectivity index (χ1v) is 7.46. The minimum absolute atomic E-state index is 0.150. The van der Waals surface area contributed by atoms with Crippen LogP contribution in [0.15, 0.2) is 18.2 Å². The number of nitrogens with one attached hydrogen (secondary N) is 1. The van der Waals surface area contributed by atoms with E-state index >= 15 is 0 Å². The van der Waals surface area contributed by atoms with Crippen molar-refractivity contribution < 1.29 is 5.11 Å². The number of aromatic amines is 1. The molecule has 21 heavy (non-hydrogen) atoms. The second-order valence-corrected chi connectivity index (χ2v) is 5.61. The second-order valence-electron chi connectivity index (χ2n) is 5.61. The van der Waals surface area contributed by atoms with Crippen LogP contribution in [0.3, 0.4) is 0 Å². The van der Waals surface area contributed by atoms with Crippen molar-refractivity contribution >= 4 is 5.82 Å². The van der Waals surface area contributed by atoms with Gasteiger partial charge in [-0.15, -0.1) is 5.10 Å². The Morgan fingerprint density at radius 2 is 2.29 bits per heavy atom. The van der Waals surface area contributed by atoms with Gasteiger partial charge in [0.25, 0.3) is 0 Å². The first-order valence-electron chi connectivity index (χ1n) is 7.46. The number of piperidine rings is 1. The predicted octanol–water partition coefficient (Wildman–Crippen LogP) is 1.43. The third kappa shape index (κ3) is 3.21. The molecule has 0 aliphatic carbocycles. The molecule has 0 saturated carbocycles. The van der Waals surface area contributed by atoms with Crippen molar-refractivity contribution in [3.05, 3.63) is 35.3 Å². The van der Waals surface area contributed by atoms with Crippen LogP contribution in [0.1, 0.15) is 35.8 Å². The zero-order chi connectivity index (χ0) is 14.7. The van der Waals surface area contributed by atoms with Gasteiger partial charge in [0.05, 0.1) is 11.4 Å². The van der Waals surface area contributed by atoms with Crippen LogP contribution < -0.4 is 4.90 Å². The lowest BCUT2D eigenvalue weighted by Gasteiger charge is -2.32. The number of hydrogen-bond acceptors (Lipinski definition) is 5. The molecule has 6 heteroatoms. The molecule has 0 radical (unpaired) electrons. The third-order valence-electron chi connectivity index (χ3n) is 3.98. The second kappa shape index (κ2) is 6.22. The van der Waals surface area contributed by atoms with Crippen molar-refractivity contribution in [2.24, 2.45) is 0 Å². The van der Waals surface area contributed by atoms with E-state index in [2.05, 4.69) is 31.4 Å². The lowest BCUT2D eigenvalue weighted by atomic mass is 9.94. The molecule has 2 aromatic heterocycles. The summed E-state index contributed by atoms with van der Waals surface area (Å²) in [5.74, 6) is 1.35. The van der Waals surface area contributed by atoms with Crippen LogP contribution >= 0.6 is 0 Å². The summed E-state index contributed by atoms with van der Waals surface area (Å²) in [6.07, 6.45) is 2.90. The Hall–Kier alpha value is -1.95. The van der Waals surface area contributed by atoms with Crippen molar-refractivity contribution in [3.63, 3.8) is 0 Å². The first-order chi connectivity index (χ1) is 10.3. The Morgan fingerprint density at radius 1 is 1.38 bits per heavy atom. The summed E-state index contributed by atoms with van der Waals surface area (Å²) in [6, 6.07) is 6.11. The zero-order valence-electron chi connectivity index (χ0n) is 12.3. The summed E-state index contributed by atoms with van der Waals surface area (Å²) in [6.45, 7) is 4.03. The highest BCUT2D eigenvalue weighted by Crippen LogP contribution is 2.28. The topological polar surface area (TPSA) is 77.9 Å². The fourth-order valence-electron chi connectivity index (χ4n) is 2.82. The summed E-state index contributed by atoms with van der Waals surface area (Å²) in [7, 11) is 0. The average molecular weight is 287 g/mol. The molecule has 6 nitrogen and oxygen atoms in total. The summed E-state index contributed by atoms with van der Waals surface area (Å²) < 4.78 is 0. The molecule has 3 rings (SSSR count). The van der Waals surface area contributed by atoms with Crippen molar-refractivity contribution in [3.8, 4) is 0 Å². The number of nitrogens with zero attached hydrogens (tertiary/aromatic N) is 4. The van der Waals surface area contributed by atoms with Gasteiger partial charge in [-0.2, -0.15) is 10.2 Å². The predicted molar refractivity (Wildman–Crippen MR) is 80.3 cm³/mol. The SMILES string of the molecule is Cc1ccc(N2CCC[C@@H](c3cc(CCO)[nH]n3)C2)nn1. The van der Waals surface area contributed by atoms with Gasteiger partial charge in [0.2, 0.25) is 0 Å². The average Bonchev–Trinajstić information content (AvgIpc) is 2.97. The van der Waals surface area contributed by atoms with Crippen molar-refractivity contribution in [2.75, 3.05) is 24.6 Å². The molecule has 112 valence electrons. The standard InChI is InChI=1S/C15H21N5O/c1-11-4-5-15(19-16-11)20-7-2-3-12(10-20)14-9-13(6-8-21)17-18-14/h4-5,9,12,21H,2-3,6-8,10H2,1H3,(H,17,18)/t12-/m1/s1. The summed E-state index contributed by atoms with van der Waals surface area (Å²) >= 11 is 0. The van der Waals surface area contributed by atoms with Gasteiger partial charge in [-0.25, -0.2) is 0 Å². The van der Waals surface area contributed by atoms with E-state index in [4.69, 9.17) is 5.11 Å². The lowest BCUT2D eigenvalue weighted by molar-refractivity contribution is 0.298. The summed E-state index contributed by atoms with van der Waals surface area (Å²) in [5, 5.41) is 24.8. The van der Waals surface area contributed by atoms with E-state index in [1.807, 2.05) is 19.1 Å². The molecule has 0 aromatic carbocycles. The largest absolute Gasteiger partial charge is 0.396 e. The number of aliphatic hydroxyl groups excluding tert-OH is 1. The molecular formula is C15H21N5O. The normalized spacial score (nSPS) is 19.0. The number of rotatable bonds is 4. The van der Waals surface area contributed by atoms with Crippen LogP contribution in [0.5, 0.6) is 0 Å². The van der Waals surface area contributed by atoms with Crippen LogP contribution in [-0.2, 0) is 6.42 Å². The van der Waals surface area contributed by atoms with Gasteiger partial charge >= 0.3 is 0 Å². The Balaban J connectivity index is 1.71. The fraction of sp³-hybridized carbons (Fsp3) is 0.533. The van der Waals surface area contributed by atoms with E-state index in [0.717, 1.165) is 48.8 Å². The van der Waals surface area contributed by atoms with Gasteiger partial charge in [0.15, 0.2) is 5.82 Å². The maximum absolute atomic E-state index is 8.98. The van der Waals surface area contributed by atoms with E-state index in [1.165, 1.54) is 0 Å². The molecule has 1 aliphatic heterocycles. The highest BCUT2D eigenvalue weighted by atomic mass is 16.3. The number of H-pyrrole nitrogens is 1. The maximum atomic E-state index is 8.98. The highest BCUT2D eigenvalue weighted by Gasteiger charge is 2.24. The molecule has 0 spiro atoms. The Labute approximate surface area is 124 Å². The lowest BCUT2D eigenvalue weighted by Crippen LogP contribution is -2.35. The minimum Gasteiger partial charge on any atom is -0.396 e. The van der Waals surface area contributed by atoms with Crippen LogP contribution in [0, 0.1) is 6.92 Å². The monoisotopic (exact) mass is 287 g/mol. The molecule has 1 aliphatic rings. The summed E-state index contributed by atoms with van der Waals surface area (Å²) in [5.41, 5.74) is 3.02. The first kappa shape index (κ1) is 14.0. The number of hydrogen-bond donors (Lipinski definition) is 2. The number of aryl methyl sites for hydroxylation is 1. The molecule has 2 aromatic rings. The maximum Gasteiger partial charge on any atom is 0.151 e. The molecule has 1 saturated heterocycles. The molecule has 3 heterocycles. The van der Waals surface area contributed by atoms with Gasteiger partial charge in [-0.1, -0.05) is 0 Å². The van der Waals surface area contributed by atoms with E-state index < -0.39 is 0 Å². The van der Waals surface area contributed by atoms with Crippen LogP contribution in [0.4, 0.5) is 5.82 Å². The van der Waals surface area contributed by atoms with E-state index in [1.54, 1.807) is 0 Å². The minimum atomic E-state index is 0.150. The van der Waals surface area contributed by atoms with Crippen LogP contribution in [0.25, 0.3) is 0 Å². The molecule has 0 bridgehead atoms. The number of anilines is 1. The number of aromatic nitrogens is 4. The van der Waals surface area contributed by atoms with Gasteiger partial charge in [-0.05, 0) is 38.0 Å². The molecule has 2 N–H and O–H groups in total. The van der Waals surface area contributed by atoms with Crippen LogP contribution in [-0.4, -0.2) is 45.2 Å². The number of aliphatic hydroxyl groups is 1. The van der Waals surface area contributed by atoms with Crippen molar-refractivity contribution in [1.82, 2.24) is 20.4 Å². The van der Waals surface area contributed by atoms with Gasteiger partial charge in [0.1, 0.15) is 0 Å². The summed E-state index contributed by atoms with van der Waals surface area (Å²) in [4.78, 5) is 2.28. The van der Waals surface area contributed by atoms with Gasteiger partial charge < -0.3 is 10.0 Å². The molecule has 0 amide bonds. The molecular weight excluding hydrogens is 266 g/mol. The van der Waals surface area contributed by atoms with E-state index in [-0.39, 0.29) is 6.61 Å². The van der Waals surface area contributed by atoms with E-state index in [0.29, 0.717) is 12.3 Å². The quantitative estimate of drug-likeness (QED) is 0.889. The molecule has 0 unspecified atom stereocenters. The Kier molecular flexibility index (Phi) is 4.15. The third-order valence-corrected chi connectivity index (χ3v) is 3.98. The van der Waals surface area contributed by atoms with Crippen molar-refractivity contribution in [1.29, 1.82) is 0 Å². The zero-order valence-corrected chi connectivity index (χ0v) is 12.3. The van der Waals surface area contributed by atoms with Crippen LogP contribution in [0.2, 0.25) is 0 Å². The smallest absolute Gasteiger partial charge is 0.151 e. The van der Waals surface area contributed by atoms with Gasteiger partial charge in [-0.3, -0.25) is 5.10 Å². The van der Waals surface area contributed by atoms with Gasteiger partial charge in [0, 0.05) is 37.7 Å². The van der Waals surface area contributed by atoms with E-state index in [9.17, 15) is 0 Å². The van der Waals surface area contributed by atoms with Crippen molar-refractivity contribution in [2.45, 2.75) is 32.1 Å². The molecule has 1 fully saturated rings. The Bertz CT molecular complexity index is 580.